The number of nitrogens with one attached hydrogen (secondary N) is 1. The van der Waals surface area contributed by atoms with Gasteiger partial charge in [-0.3, -0.25) is 14.2 Å². The van der Waals surface area contributed by atoms with Crippen LogP contribution in [0, 0.1) is 0 Å². The Bertz CT molecular complexity index is 1190. The predicted octanol–water partition coefficient (Wildman–Crippen LogP) is 5.37. The van der Waals surface area contributed by atoms with Gasteiger partial charge in [-0.05, 0) is 23.8 Å². The number of thioether (sulfide) groups is 2. The maximum absolute atomic E-state index is 13.2. The van der Waals surface area contributed by atoms with Crippen LogP contribution in [0.3, 0.4) is 0 Å². The van der Waals surface area contributed by atoms with E-state index in [4.69, 9.17) is 28.2 Å². The minimum Gasteiger partial charge on any atom is -0.325 e. The van der Waals surface area contributed by atoms with Crippen molar-refractivity contribution >= 4 is 58.3 Å². The van der Waals surface area contributed by atoms with Crippen LogP contribution in [0.2, 0.25) is 10.0 Å². The number of aromatic nitrogens is 2. The Balaban J connectivity index is 1.56. The lowest BCUT2D eigenvalue weighted by Gasteiger charge is -2.14. The molecule has 2 heterocycles. The van der Waals surface area contributed by atoms with Crippen LogP contribution in [-0.2, 0) is 17.8 Å². The van der Waals surface area contributed by atoms with Crippen molar-refractivity contribution in [3.8, 4) is 0 Å². The lowest BCUT2D eigenvalue weighted by Crippen LogP contribution is -2.26. The van der Waals surface area contributed by atoms with Gasteiger partial charge < -0.3 is 5.32 Å². The number of carbonyl (C=O) groups is 1. The molecule has 2 aromatic carbocycles. The first-order chi connectivity index (χ1) is 14.9. The lowest BCUT2D eigenvalue weighted by molar-refractivity contribution is -0.113. The molecule has 1 aliphatic heterocycles. The topological polar surface area (TPSA) is 64.0 Å². The van der Waals surface area contributed by atoms with E-state index in [-0.39, 0.29) is 17.2 Å². The highest BCUT2D eigenvalue weighted by Gasteiger charge is 2.26. The van der Waals surface area contributed by atoms with Gasteiger partial charge in [0.1, 0.15) is 0 Å². The minimum absolute atomic E-state index is 0.0457. The Hall–Kier alpha value is -1.93. The molecule has 5 nitrogen and oxygen atoms in total. The molecule has 1 aromatic heterocycles. The molecule has 0 aliphatic carbocycles. The lowest BCUT2D eigenvalue weighted by atomic mass is 10.2. The van der Waals surface area contributed by atoms with Crippen LogP contribution >= 0.6 is 46.7 Å². The van der Waals surface area contributed by atoms with E-state index in [1.54, 1.807) is 34.5 Å². The molecule has 31 heavy (non-hydrogen) atoms. The molecule has 1 amide bonds. The third-order valence-corrected chi connectivity index (χ3v) is 7.61. The molecule has 0 saturated carbocycles. The summed E-state index contributed by atoms with van der Waals surface area (Å²) in [5.41, 5.74) is 2.34. The zero-order valence-corrected chi connectivity index (χ0v) is 19.7. The third kappa shape index (κ3) is 5.29. The Morgan fingerprint density at radius 1 is 1.23 bits per heavy atom. The highest BCUT2D eigenvalue weighted by atomic mass is 35.5. The van der Waals surface area contributed by atoms with E-state index < -0.39 is 0 Å². The van der Waals surface area contributed by atoms with Crippen molar-refractivity contribution in [2.45, 2.75) is 35.2 Å². The first kappa shape index (κ1) is 22.3. The van der Waals surface area contributed by atoms with Crippen molar-refractivity contribution in [2.75, 3.05) is 11.1 Å². The van der Waals surface area contributed by atoms with Gasteiger partial charge in [-0.2, -0.15) is 0 Å². The van der Waals surface area contributed by atoms with Crippen molar-refractivity contribution in [3.05, 3.63) is 80.2 Å². The first-order valence-corrected chi connectivity index (χ1v) is 12.2. The van der Waals surface area contributed by atoms with E-state index in [0.29, 0.717) is 37.6 Å². The Morgan fingerprint density at radius 3 is 2.74 bits per heavy atom. The van der Waals surface area contributed by atoms with E-state index >= 15 is 0 Å². The third-order valence-electron chi connectivity index (χ3n) is 4.68. The first-order valence-electron chi connectivity index (χ1n) is 9.62. The molecular formula is C22H19Cl2N3O2S2. The molecule has 9 heteroatoms. The number of anilines is 1. The van der Waals surface area contributed by atoms with E-state index in [9.17, 15) is 9.59 Å². The maximum Gasteiger partial charge on any atom is 0.268 e. The highest BCUT2D eigenvalue weighted by Crippen LogP contribution is 2.34. The monoisotopic (exact) mass is 491 g/mol. The summed E-state index contributed by atoms with van der Waals surface area (Å²) < 4.78 is 1.66. The van der Waals surface area contributed by atoms with Crippen LogP contribution in [0.4, 0.5) is 5.69 Å². The number of nitrogens with zero attached hydrogens (tertiary/aromatic N) is 2. The van der Waals surface area contributed by atoms with Gasteiger partial charge >= 0.3 is 0 Å². The van der Waals surface area contributed by atoms with Crippen LogP contribution in [0.25, 0.3) is 0 Å². The summed E-state index contributed by atoms with van der Waals surface area (Å²) in [6.45, 7) is 2.50. The highest BCUT2D eigenvalue weighted by molar-refractivity contribution is 8.00. The number of fused-ring (bicyclic) bond motifs is 1. The summed E-state index contributed by atoms with van der Waals surface area (Å²) in [4.78, 5) is 31.2. The molecule has 1 N–H and O–H groups in total. The van der Waals surface area contributed by atoms with Gasteiger partial charge in [0.2, 0.25) is 5.91 Å². The average molecular weight is 492 g/mol. The van der Waals surface area contributed by atoms with Crippen molar-refractivity contribution in [3.63, 3.8) is 0 Å². The average Bonchev–Trinajstić information content (AvgIpc) is 3.13. The van der Waals surface area contributed by atoms with Crippen LogP contribution in [0.5, 0.6) is 0 Å². The van der Waals surface area contributed by atoms with E-state index in [2.05, 4.69) is 12.2 Å². The number of benzene rings is 2. The van der Waals surface area contributed by atoms with Gasteiger partial charge in [0.25, 0.3) is 5.56 Å². The molecule has 0 radical (unpaired) electrons. The smallest absolute Gasteiger partial charge is 0.268 e. The number of amides is 1. The molecule has 4 rings (SSSR count). The molecule has 160 valence electrons. The van der Waals surface area contributed by atoms with Gasteiger partial charge in [0.05, 0.1) is 32.9 Å². The molecule has 0 bridgehead atoms. The Kier molecular flexibility index (Phi) is 6.96. The zero-order chi connectivity index (χ0) is 22.0. The molecule has 0 fully saturated rings. The van der Waals surface area contributed by atoms with Crippen LogP contribution in [-0.4, -0.2) is 26.5 Å². The largest absolute Gasteiger partial charge is 0.325 e. The molecule has 0 spiro atoms. The fraction of sp³-hybridized carbons (Fsp3) is 0.227. The molecule has 3 aromatic rings. The minimum atomic E-state index is -0.216. The fourth-order valence-corrected chi connectivity index (χ4v) is 5.48. The zero-order valence-electron chi connectivity index (χ0n) is 16.6. The van der Waals surface area contributed by atoms with Gasteiger partial charge in [0, 0.05) is 17.4 Å². The van der Waals surface area contributed by atoms with Crippen LogP contribution in [0.1, 0.15) is 18.2 Å². The molecule has 1 aliphatic rings. The van der Waals surface area contributed by atoms with Crippen LogP contribution < -0.4 is 10.9 Å². The number of halogens is 2. The second-order valence-corrected chi connectivity index (χ2v) is 10.4. The Labute approximate surface area is 198 Å². The van der Waals surface area contributed by atoms with Gasteiger partial charge in [-0.1, -0.05) is 72.2 Å². The number of carbonyl (C=O) groups excluding carboxylic acids is 1. The van der Waals surface area contributed by atoms with Crippen molar-refractivity contribution in [1.82, 2.24) is 9.55 Å². The van der Waals surface area contributed by atoms with Gasteiger partial charge in [-0.15, -0.1) is 11.8 Å². The van der Waals surface area contributed by atoms with Crippen molar-refractivity contribution in [1.29, 1.82) is 0 Å². The Morgan fingerprint density at radius 2 is 2.00 bits per heavy atom. The summed E-state index contributed by atoms with van der Waals surface area (Å²) >= 11 is 14.8. The summed E-state index contributed by atoms with van der Waals surface area (Å²) in [7, 11) is 0. The normalized spacial score (nSPS) is 15.0. The van der Waals surface area contributed by atoms with E-state index in [1.807, 2.05) is 30.3 Å². The second-order valence-electron chi connectivity index (χ2n) is 7.15. The summed E-state index contributed by atoms with van der Waals surface area (Å²) in [6, 6.07) is 14.7. The van der Waals surface area contributed by atoms with Crippen molar-refractivity contribution in [2.24, 2.45) is 0 Å². The van der Waals surface area contributed by atoms with Gasteiger partial charge in [0.15, 0.2) is 5.16 Å². The number of hydrogen-bond acceptors (Lipinski definition) is 5. The number of rotatable bonds is 6. The molecule has 0 saturated heterocycles. The molecule has 1 unspecified atom stereocenters. The van der Waals surface area contributed by atoms with Crippen LogP contribution in [0.15, 0.2) is 63.4 Å². The summed E-state index contributed by atoms with van der Waals surface area (Å²) in [6.07, 6.45) is 0.754. The quantitative estimate of drug-likeness (QED) is 0.371. The molecule has 1 atom stereocenters. The maximum atomic E-state index is 13.2. The standard InChI is InChI=1S/C22H19Cl2N3O2S2/c1-13-9-18-20(31-13)21(29)27(11-14-5-3-2-4-6-14)22(26-18)30-12-19(28)25-15-7-8-16(23)17(24)10-15/h2-8,10,13H,9,11-12H2,1H3,(H,25,28). The summed E-state index contributed by atoms with van der Waals surface area (Å²) in [5, 5.41) is 4.46. The van der Waals surface area contributed by atoms with E-state index in [0.717, 1.165) is 17.7 Å². The SMILES string of the molecule is CC1Cc2nc(SCC(=O)Nc3ccc(Cl)c(Cl)c3)n(Cc3ccccc3)c(=O)c2S1. The predicted molar refractivity (Wildman–Crippen MR) is 129 cm³/mol. The van der Waals surface area contributed by atoms with Gasteiger partial charge in [-0.25, -0.2) is 4.98 Å². The number of hydrogen-bond donors (Lipinski definition) is 1. The second kappa shape index (κ2) is 9.69. The van der Waals surface area contributed by atoms with E-state index in [1.165, 1.54) is 11.8 Å². The summed E-state index contributed by atoms with van der Waals surface area (Å²) in [5.74, 6) is -0.102. The fourth-order valence-electron chi connectivity index (χ4n) is 3.25. The van der Waals surface area contributed by atoms with Crippen molar-refractivity contribution < 1.29 is 4.79 Å². The molecular weight excluding hydrogens is 473 g/mol.